The lowest BCUT2D eigenvalue weighted by molar-refractivity contribution is 0.0521. The molecule has 34 heavy (non-hydrogen) atoms. The van der Waals surface area contributed by atoms with Crippen LogP contribution in [0.5, 0.6) is 11.5 Å². The minimum atomic E-state index is -0.637. The number of hydrogen-bond acceptors (Lipinski definition) is 5. The molecule has 1 N–H and O–H groups in total. The molecule has 1 amide bonds. The first-order chi connectivity index (χ1) is 15.9. The smallest absolute Gasteiger partial charge is 0.407 e. The molecule has 186 valence electrons. The molecule has 0 radical (unpaired) electrons. The fourth-order valence-electron chi connectivity index (χ4n) is 3.43. The van der Waals surface area contributed by atoms with Gasteiger partial charge < -0.3 is 24.1 Å². The maximum absolute atomic E-state index is 13.6. The molecule has 0 saturated carbocycles. The molecule has 7 nitrogen and oxygen atoms in total. The number of carbonyl (C=O) groups excluding carboxylic acids is 1. The van der Waals surface area contributed by atoms with Crippen LogP contribution in [0, 0.1) is 17.8 Å². The van der Waals surface area contributed by atoms with Gasteiger partial charge in [-0.3, -0.25) is 4.79 Å². The van der Waals surface area contributed by atoms with Gasteiger partial charge in [0.1, 0.15) is 23.7 Å². The number of ether oxygens (including phenoxy) is 3. The first-order valence-corrected chi connectivity index (χ1v) is 11.7. The van der Waals surface area contributed by atoms with Gasteiger partial charge in [0.25, 0.3) is 5.56 Å². The Hall–Kier alpha value is -3.14. The third kappa shape index (κ3) is 7.72. The number of alkyl carbamates (subject to hydrolysis) is 1. The molecule has 2 rings (SSSR count). The van der Waals surface area contributed by atoms with Crippen LogP contribution in [0.2, 0.25) is 0 Å². The van der Waals surface area contributed by atoms with E-state index >= 15 is 0 Å². The van der Waals surface area contributed by atoms with Crippen LogP contribution in [0.1, 0.15) is 67.0 Å². The minimum absolute atomic E-state index is 0.0765. The van der Waals surface area contributed by atoms with Crippen molar-refractivity contribution in [2.24, 2.45) is 5.41 Å². The molecule has 0 aliphatic rings. The molecule has 0 unspecified atom stereocenters. The summed E-state index contributed by atoms with van der Waals surface area (Å²) in [6, 6.07) is 5.24. The first-order valence-electron chi connectivity index (χ1n) is 11.7. The molecular weight excluding hydrogens is 432 g/mol. The van der Waals surface area contributed by atoms with E-state index in [1.54, 1.807) is 43.5 Å². The number of carbonyl (C=O) groups is 1. The van der Waals surface area contributed by atoms with E-state index in [1.165, 1.54) is 0 Å². The van der Waals surface area contributed by atoms with Gasteiger partial charge in [-0.2, -0.15) is 0 Å². The topological polar surface area (TPSA) is 78.8 Å². The Morgan fingerprint density at radius 3 is 2.41 bits per heavy atom. The van der Waals surface area contributed by atoms with Gasteiger partial charge >= 0.3 is 6.09 Å². The molecule has 2 aromatic rings. The van der Waals surface area contributed by atoms with Gasteiger partial charge in [-0.1, -0.05) is 40.0 Å². The normalized spacial score (nSPS) is 11.7. The van der Waals surface area contributed by atoms with Crippen LogP contribution >= 0.6 is 0 Å². The lowest BCUT2D eigenvalue weighted by Gasteiger charge is -2.26. The summed E-state index contributed by atoms with van der Waals surface area (Å²) < 4.78 is 18.9. The Balaban J connectivity index is 2.69. The van der Waals surface area contributed by atoms with E-state index in [9.17, 15) is 9.59 Å². The fraction of sp³-hybridized carbons (Fsp3) is 0.556. The highest BCUT2D eigenvalue weighted by atomic mass is 16.6. The molecule has 0 bridgehead atoms. The van der Waals surface area contributed by atoms with Gasteiger partial charge in [0.2, 0.25) is 0 Å². The van der Waals surface area contributed by atoms with Gasteiger partial charge in [-0.15, -0.1) is 6.42 Å². The van der Waals surface area contributed by atoms with Gasteiger partial charge in [-0.25, -0.2) is 4.79 Å². The predicted octanol–water partition coefficient (Wildman–Crippen LogP) is 5.26. The summed E-state index contributed by atoms with van der Waals surface area (Å²) in [5.74, 6) is 3.55. The molecule has 0 aliphatic carbocycles. The van der Waals surface area contributed by atoms with E-state index < -0.39 is 11.7 Å². The summed E-state index contributed by atoms with van der Waals surface area (Å²) in [4.78, 5) is 26.0. The highest BCUT2D eigenvalue weighted by Gasteiger charge is 2.24. The average molecular weight is 471 g/mol. The number of pyridine rings is 1. The largest absolute Gasteiger partial charge is 0.491 e. The molecule has 0 atom stereocenters. The molecule has 0 saturated heterocycles. The first kappa shape index (κ1) is 27.1. The summed E-state index contributed by atoms with van der Waals surface area (Å²) in [6.45, 7) is 14.8. The van der Waals surface area contributed by atoms with Crippen LogP contribution in [0.25, 0.3) is 10.8 Å². The van der Waals surface area contributed by atoms with Gasteiger partial charge in [0.15, 0.2) is 0 Å². The summed E-state index contributed by atoms with van der Waals surface area (Å²) in [5.41, 5.74) is -0.391. The molecule has 7 heteroatoms. The number of aromatic nitrogens is 1. The van der Waals surface area contributed by atoms with Gasteiger partial charge in [0, 0.05) is 11.9 Å². The van der Waals surface area contributed by atoms with Crippen molar-refractivity contribution in [1.82, 2.24) is 9.88 Å². The lowest BCUT2D eigenvalue weighted by Crippen LogP contribution is -2.36. The van der Waals surface area contributed by atoms with Crippen molar-refractivity contribution in [3.63, 3.8) is 0 Å². The summed E-state index contributed by atoms with van der Waals surface area (Å²) in [6.07, 6.45) is 6.58. The number of terminal acetylenes is 1. The second-order valence-electron chi connectivity index (χ2n) is 10.5. The van der Waals surface area contributed by atoms with Crippen molar-refractivity contribution in [2.75, 3.05) is 13.2 Å². The standard InChI is InChI=1S/C27H38N2O5/c1-9-11-15-33-23-21-16-19(32-14-10-2)12-13-20(21)24(30)29(18-26(3,4)5)22(23)17-28-25(31)34-27(6,7)8/h2,12-13,16H,9,11,14-15,17-18H2,1,3-8H3,(H,28,31). The fourth-order valence-corrected chi connectivity index (χ4v) is 3.43. The van der Waals surface area contributed by atoms with E-state index in [0.717, 1.165) is 12.8 Å². The lowest BCUT2D eigenvalue weighted by atomic mass is 9.96. The third-order valence-corrected chi connectivity index (χ3v) is 4.80. The number of fused-ring (bicyclic) bond motifs is 1. The quantitative estimate of drug-likeness (QED) is 0.399. The molecule has 1 heterocycles. The van der Waals surface area contributed by atoms with Gasteiger partial charge in [-0.05, 0) is 50.8 Å². The molecule has 1 aromatic heterocycles. The zero-order valence-corrected chi connectivity index (χ0v) is 21.5. The van der Waals surface area contributed by atoms with Crippen LogP contribution < -0.4 is 20.3 Å². The maximum atomic E-state index is 13.6. The number of rotatable bonds is 9. The monoisotopic (exact) mass is 470 g/mol. The summed E-state index contributed by atoms with van der Waals surface area (Å²) >= 11 is 0. The van der Waals surface area contributed by atoms with E-state index in [4.69, 9.17) is 20.6 Å². The zero-order valence-electron chi connectivity index (χ0n) is 21.5. The maximum Gasteiger partial charge on any atom is 0.407 e. The number of amides is 1. The summed E-state index contributed by atoms with van der Waals surface area (Å²) in [5, 5.41) is 3.94. The van der Waals surface area contributed by atoms with Gasteiger partial charge in [0.05, 0.1) is 24.2 Å². The number of hydrogen-bond donors (Lipinski definition) is 1. The van der Waals surface area contributed by atoms with Crippen LogP contribution in [0.15, 0.2) is 23.0 Å². The van der Waals surface area contributed by atoms with Crippen LogP contribution in [-0.4, -0.2) is 29.5 Å². The van der Waals surface area contributed by atoms with Crippen LogP contribution in [0.3, 0.4) is 0 Å². The van der Waals surface area contributed by atoms with Crippen molar-refractivity contribution >= 4 is 16.9 Å². The highest BCUT2D eigenvalue weighted by Crippen LogP contribution is 2.32. The molecule has 0 fully saturated rings. The molecule has 0 spiro atoms. The highest BCUT2D eigenvalue weighted by molar-refractivity contribution is 5.90. The van der Waals surface area contributed by atoms with Crippen molar-refractivity contribution in [1.29, 1.82) is 0 Å². The zero-order chi connectivity index (χ0) is 25.5. The number of unbranched alkanes of at least 4 members (excludes halogenated alkanes) is 1. The molecule has 0 aliphatic heterocycles. The Kier molecular flexibility index (Phi) is 9.03. The molecular formula is C27H38N2O5. The SMILES string of the molecule is C#CCOc1ccc2c(=O)n(CC(C)(C)C)c(CNC(=O)OC(C)(C)C)c(OCCCC)c2c1. The van der Waals surface area contributed by atoms with Crippen molar-refractivity contribution in [3.05, 3.63) is 34.2 Å². The summed E-state index contributed by atoms with van der Waals surface area (Å²) in [7, 11) is 0. The van der Waals surface area contributed by atoms with Crippen molar-refractivity contribution in [2.45, 2.75) is 80.0 Å². The van der Waals surface area contributed by atoms with Crippen LogP contribution in [-0.2, 0) is 17.8 Å². The second kappa shape index (κ2) is 11.3. The minimum Gasteiger partial charge on any atom is -0.491 e. The van der Waals surface area contributed by atoms with E-state index in [2.05, 4.69) is 38.9 Å². The Labute approximate surface area is 202 Å². The second-order valence-corrected chi connectivity index (χ2v) is 10.5. The number of nitrogens with zero attached hydrogens (tertiary/aromatic N) is 1. The van der Waals surface area contributed by atoms with Crippen molar-refractivity contribution in [3.8, 4) is 23.8 Å². The number of benzene rings is 1. The average Bonchev–Trinajstić information content (AvgIpc) is 2.72. The van der Waals surface area contributed by atoms with E-state index in [-0.39, 0.29) is 24.1 Å². The molecule has 1 aromatic carbocycles. The van der Waals surface area contributed by atoms with E-state index in [1.807, 2.05) is 0 Å². The third-order valence-electron chi connectivity index (χ3n) is 4.80. The Morgan fingerprint density at radius 2 is 1.82 bits per heavy atom. The number of nitrogens with one attached hydrogen (secondary N) is 1. The van der Waals surface area contributed by atoms with Crippen molar-refractivity contribution < 1.29 is 19.0 Å². The van der Waals surface area contributed by atoms with Crippen LogP contribution in [0.4, 0.5) is 4.79 Å². The Morgan fingerprint density at radius 1 is 1.12 bits per heavy atom. The predicted molar refractivity (Wildman–Crippen MR) is 135 cm³/mol. The Bertz CT molecular complexity index is 1100. The van der Waals surface area contributed by atoms with E-state index in [0.29, 0.717) is 41.1 Å².